The number of carboxylic acid groups (broad SMARTS) is 1. The number of halogens is 5. The number of carboxylic acids is 1. The van der Waals surface area contributed by atoms with Crippen LogP contribution in [0.15, 0.2) is 18.2 Å². The van der Waals surface area contributed by atoms with Crippen molar-refractivity contribution in [1.82, 2.24) is 9.80 Å². The Morgan fingerprint density at radius 1 is 1.19 bits per heavy atom. The number of hydrogen-bond donors (Lipinski definition) is 2. The minimum absolute atomic E-state index is 0.00418. The SMILES string of the molecule is CC1(C)C(=O)N(c2ccc(C#N)c(C(F)(F)F)c2)[C@H](S)N1C1CCC(OCC[C@H]2CCN(CC(=O)O)CC2(F)F)CC1. The molecular formula is C28H35F5N4O4S. The molecule has 4 rings (SSSR count). The fraction of sp³-hybridized carbons (Fsp3) is 0.679. The molecule has 2 heterocycles. The maximum Gasteiger partial charge on any atom is 0.417 e. The van der Waals surface area contributed by atoms with E-state index in [-0.39, 0.29) is 37.3 Å². The third-order valence-electron chi connectivity index (χ3n) is 8.62. The number of anilines is 1. The monoisotopic (exact) mass is 618 g/mol. The first-order chi connectivity index (χ1) is 19.6. The first-order valence-corrected chi connectivity index (χ1v) is 14.4. The van der Waals surface area contributed by atoms with Gasteiger partial charge in [-0.25, -0.2) is 8.78 Å². The largest absolute Gasteiger partial charge is 0.480 e. The van der Waals surface area contributed by atoms with Crippen molar-refractivity contribution < 1.29 is 41.4 Å². The molecule has 232 valence electrons. The predicted octanol–water partition coefficient (Wildman–Crippen LogP) is 4.98. The van der Waals surface area contributed by atoms with E-state index in [1.165, 1.54) is 15.9 Å². The molecule has 0 bridgehead atoms. The number of amides is 1. The summed E-state index contributed by atoms with van der Waals surface area (Å²) >= 11 is 4.66. The first kappa shape index (κ1) is 32.4. The van der Waals surface area contributed by atoms with Gasteiger partial charge in [0.05, 0.1) is 41.9 Å². The van der Waals surface area contributed by atoms with Gasteiger partial charge in [0, 0.05) is 24.3 Å². The summed E-state index contributed by atoms with van der Waals surface area (Å²) in [7, 11) is 0. The number of nitriles is 1. The molecule has 0 spiro atoms. The van der Waals surface area contributed by atoms with Crippen molar-refractivity contribution in [2.45, 2.75) is 87.7 Å². The fourth-order valence-corrected chi connectivity index (χ4v) is 7.15. The number of carbonyl (C=O) groups excluding carboxylic acids is 1. The molecule has 42 heavy (non-hydrogen) atoms. The number of benzene rings is 1. The van der Waals surface area contributed by atoms with Crippen molar-refractivity contribution in [2.75, 3.05) is 31.1 Å². The molecule has 2 atom stereocenters. The van der Waals surface area contributed by atoms with Crippen molar-refractivity contribution in [3.8, 4) is 6.07 Å². The molecule has 0 unspecified atom stereocenters. The summed E-state index contributed by atoms with van der Waals surface area (Å²) in [5.41, 5.74) is -3.54. The molecule has 3 fully saturated rings. The van der Waals surface area contributed by atoms with Crippen molar-refractivity contribution in [2.24, 2.45) is 5.92 Å². The van der Waals surface area contributed by atoms with Crippen LogP contribution in [0.4, 0.5) is 27.6 Å². The van der Waals surface area contributed by atoms with Crippen LogP contribution in [0.1, 0.15) is 63.5 Å². The number of nitrogens with zero attached hydrogens (tertiary/aromatic N) is 4. The van der Waals surface area contributed by atoms with Gasteiger partial charge in [0.1, 0.15) is 5.50 Å². The lowest BCUT2D eigenvalue weighted by Gasteiger charge is -2.42. The smallest absolute Gasteiger partial charge is 0.417 e. The summed E-state index contributed by atoms with van der Waals surface area (Å²) < 4.78 is 75.8. The maximum absolute atomic E-state index is 14.6. The number of ether oxygens (including phenoxy) is 1. The minimum atomic E-state index is -4.77. The van der Waals surface area contributed by atoms with Crippen molar-refractivity contribution in [1.29, 1.82) is 5.26 Å². The highest BCUT2D eigenvalue weighted by atomic mass is 32.1. The van der Waals surface area contributed by atoms with E-state index in [2.05, 4.69) is 12.6 Å². The molecule has 8 nitrogen and oxygen atoms in total. The molecule has 1 saturated carbocycles. The van der Waals surface area contributed by atoms with E-state index in [1.54, 1.807) is 19.9 Å². The molecule has 1 aliphatic carbocycles. The average molecular weight is 619 g/mol. The van der Waals surface area contributed by atoms with Crippen LogP contribution in [0.2, 0.25) is 0 Å². The van der Waals surface area contributed by atoms with Gasteiger partial charge in [-0.15, -0.1) is 12.6 Å². The maximum atomic E-state index is 14.6. The Morgan fingerprint density at radius 3 is 2.43 bits per heavy atom. The summed E-state index contributed by atoms with van der Waals surface area (Å²) in [6, 6.07) is 4.62. The van der Waals surface area contributed by atoms with Gasteiger partial charge >= 0.3 is 12.1 Å². The lowest BCUT2D eigenvalue weighted by molar-refractivity contribution is -0.146. The highest BCUT2D eigenvalue weighted by Gasteiger charge is 2.54. The van der Waals surface area contributed by atoms with E-state index in [0.29, 0.717) is 32.2 Å². The zero-order valence-corrected chi connectivity index (χ0v) is 24.3. The Kier molecular flexibility index (Phi) is 9.47. The number of hydrogen-bond acceptors (Lipinski definition) is 7. The zero-order valence-electron chi connectivity index (χ0n) is 23.4. The number of alkyl halides is 5. The van der Waals surface area contributed by atoms with Crippen LogP contribution in [0.5, 0.6) is 0 Å². The lowest BCUT2D eigenvalue weighted by atomic mass is 9.88. The third-order valence-corrected chi connectivity index (χ3v) is 9.10. The van der Waals surface area contributed by atoms with Crippen molar-refractivity contribution in [3.05, 3.63) is 29.3 Å². The summed E-state index contributed by atoms with van der Waals surface area (Å²) in [5.74, 6) is -5.42. The van der Waals surface area contributed by atoms with Gasteiger partial charge < -0.3 is 9.84 Å². The lowest BCUT2D eigenvalue weighted by Crippen LogP contribution is -2.52. The minimum Gasteiger partial charge on any atom is -0.480 e. The van der Waals surface area contributed by atoms with Crippen LogP contribution in [-0.4, -0.2) is 82.1 Å². The van der Waals surface area contributed by atoms with Gasteiger partial charge in [0.2, 0.25) is 5.91 Å². The van der Waals surface area contributed by atoms with Crippen LogP contribution in [-0.2, 0) is 20.5 Å². The van der Waals surface area contributed by atoms with Crippen LogP contribution in [0.3, 0.4) is 0 Å². The molecule has 14 heteroatoms. The standard InChI is InChI=1S/C28H35F5N4O4S/c1-26(2)24(40)36(20-4-3-17(14-34)22(13-20)28(31,32)33)25(42)37(26)19-5-7-21(8-6-19)41-12-10-18-9-11-35(15-23(38)39)16-27(18,29)30/h3-4,13,18-19,21,25,42H,5-12,15-16H2,1-2H3,(H,38,39)/t18-,19?,21?,25+/m1/s1. The van der Waals surface area contributed by atoms with E-state index in [1.807, 2.05) is 4.90 Å². The van der Waals surface area contributed by atoms with Gasteiger partial charge in [0.15, 0.2) is 0 Å². The van der Waals surface area contributed by atoms with Crippen molar-refractivity contribution >= 4 is 30.2 Å². The molecule has 1 aromatic rings. The van der Waals surface area contributed by atoms with Gasteiger partial charge in [-0.3, -0.25) is 24.3 Å². The molecule has 1 N–H and O–H groups in total. The van der Waals surface area contributed by atoms with Crippen LogP contribution >= 0.6 is 12.6 Å². The summed E-state index contributed by atoms with van der Waals surface area (Å²) in [6.07, 6.45) is -2.07. The summed E-state index contributed by atoms with van der Waals surface area (Å²) in [6.45, 7) is 2.87. The average Bonchev–Trinajstić information content (AvgIpc) is 3.07. The second kappa shape index (κ2) is 12.3. The fourth-order valence-electron chi connectivity index (χ4n) is 6.44. The summed E-state index contributed by atoms with van der Waals surface area (Å²) in [4.78, 5) is 28.7. The Morgan fingerprint density at radius 2 is 1.86 bits per heavy atom. The van der Waals surface area contributed by atoms with Crippen LogP contribution < -0.4 is 4.90 Å². The molecule has 1 amide bonds. The van der Waals surface area contributed by atoms with E-state index < -0.39 is 65.1 Å². The van der Waals surface area contributed by atoms with E-state index in [0.717, 1.165) is 12.1 Å². The Bertz CT molecular complexity index is 1220. The van der Waals surface area contributed by atoms with Crippen LogP contribution in [0, 0.1) is 17.2 Å². The molecule has 0 aromatic heterocycles. The summed E-state index contributed by atoms with van der Waals surface area (Å²) in [5, 5.41) is 18.0. The number of rotatable bonds is 8. The highest BCUT2D eigenvalue weighted by molar-refractivity contribution is 7.81. The second-order valence-electron chi connectivity index (χ2n) is 11.8. The molecule has 3 aliphatic rings. The number of carbonyl (C=O) groups is 2. The van der Waals surface area contributed by atoms with E-state index >= 15 is 0 Å². The molecular weight excluding hydrogens is 583 g/mol. The van der Waals surface area contributed by atoms with E-state index in [9.17, 15) is 31.5 Å². The normalized spacial score (nSPS) is 28.5. The molecule has 1 aromatic carbocycles. The quantitative estimate of drug-likeness (QED) is 0.314. The Labute approximate surface area is 246 Å². The highest BCUT2D eigenvalue weighted by Crippen LogP contribution is 2.43. The zero-order chi connectivity index (χ0) is 31.0. The van der Waals surface area contributed by atoms with Gasteiger partial charge in [-0.05, 0) is 77.1 Å². The van der Waals surface area contributed by atoms with Gasteiger partial charge in [0.25, 0.3) is 5.92 Å². The first-order valence-electron chi connectivity index (χ1n) is 13.9. The molecule has 2 saturated heterocycles. The van der Waals surface area contributed by atoms with Gasteiger partial charge in [-0.1, -0.05) is 0 Å². The molecule has 2 aliphatic heterocycles. The second-order valence-corrected chi connectivity index (χ2v) is 12.2. The third kappa shape index (κ3) is 6.69. The number of piperidine rings is 1. The van der Waals surface area contributed by atoms with E-state index in [4.69, 9.17) is 15.1 Å². The molecule has 0 radical (unpaired) electrons. The number of likely N-dealkylation sites (tertiary alicyclic amines) is 1. The topological polar surface area (TPSA) is 97.1 Å². The number of thiol groups is 1. The number of aliphatic carboxylic acids is 1. The Balaban J connectivity index is 1.34. The predicted molar refractivity (Wildman–Crippen MR) is 146 cm³/mol. The van der Waals surface area contributed by atoms with Crippen molar-refractivity contribution in [3.63, 3.8) is 0 Å². The Hall–Kier alpha value is -2.47. The van der Waals surface area contributed by atoms with Crippen LogP contribution in [0.25, 0.3) is 0 Å². The van der Waals surface area contributed by atoms with Gasteiger partial charge in [-0.2, -0.15) is 18.4 Å².